The molecule has 2 aromatic rings. The number of nitrogens with one attached hydrogen (secondary N) is 1. The number of anilines is 1. The lowest BCUT2D eigenvalue weighted by Crippen LogP contribution is -2.08. The molecule has 0 atom stereocenters. The van der Waals surface area contributed by atoms with Crippen LogP contribution in [0.15, 0.2) is 12.1 Å². The van der Waals surface area contributed by atoms with Gasteiger partial charge in [0.15, 0.2) is 0 Å². The number of aryl methyl sites for hydroxylation is 2. The van der Waals surface area contributed by atoms with E-state index in [1.165, 1.54) is 30.5 Å². The first kappa shape index (κ1) is 14.3. The zero-order valence-electron chi connectivity index (χ0n) is 12.9. The van der Waals surface area contributed by atoms with Gasteiger partial charge in [0.05, 0.1) is 5.52 Å². The second kappa shape index (κ2) is 6.00. The summed E-state index contributed by atoms with van der Waals surface area (Å²) in [7, 11) is 0. The predicted molar refractivity (Wildman–Crippen MR) is 86.5 cm³/mol. The van der Waals surface area contributed by atoms with Gasteiger partial charge in [-0.05, 0) is 62.3 Å². The van der Waals surface area contributed by atoms with E-state index in [1.54, 1.807) is 12.1 Å². The second-order valence-electron chi connectivity index (χ2n) is 6.02. The summed E-state index contributed by atoms with van der Waals surface area (Å²) in [6, 6.07) is 3.22. The highest BCUT2D eigenvalue weighted by Gasteiger charge is 2.18. The maximum atomic E-state index is 13.9. The molecule has 0 saturated carbocycles. The number of nitrogens with zero attached hydrogens (tertiary/aromatic N) is 1. The van der Waals surface area contributed by atoms with Gasteiger partial charge in [0.25, 0.3) is 0 Å². The van der Waals surface area contributed by atoms with Gasteiger partial charge >= 0.3 is 0 Å². The first-order valence-electron chi connectivity index (χ1n) is 8.06. The van der Waals surface area contributed by atoms with E-state index >= 15 is 0 Å². The van der Waals surface area contributed by atoms with Gasteiger partial charge in [-0.3, -0.25) is 4.98 Å². The summed E-state index contributed by atoms with van der Waals surface area (Å²) >= 11 is 0. The number of benzene rings is 1. The van der Waals surface area contributed by atoms with Gasteiger partial charge in [-0.2, -0.15) is 0 Å². The van der Waals surface area contributed by atoms with Gasteiger partial charge in [0.2, 0.25) is 0 Å². The molecule has 2 nitrogen and oxygen atoms in total. The lowest BCUT2D eigenvalue weighted by atomic mass is 10.00. The van der Waals surface area contributed by atoms with Gasteiger partial charge in [0.1, 0.15) is 5.82 Å². The summed E-state index contributed by atoms with van der Waals surface area (Å²) in [5.41, 5.74) is 5.54. The minimum atomic E-state index is -0.171. The van der Waals surface area contributed by atoms with E-state index in [2.05, 4.69) is 12.2 Å². The van der Waals surface area contributed by atoms with Crippen LogP contribution in [0.4, 0.5) is 10.1 Å². The number of hydrogen-bond acceptors (Lipinski definition) is 2. The smallest absolute Gasteiger partial charge is 0.124 e. The Balaban J connectivity index is 2.26. The lowest BCUT2D eigenvalue weighted by Gasteiger charge is -2.18. The van der Waals surface area contributed by atoms with Crippen LogP contribution in [0, 0.1) is 12.7 Å². The van der Waals surface area contributed by atoms with E-state index in [1.807, 2.05) is 6.92 Å². The van der Waals surface area contributed by atoms with Crippen LogP contribution >= 0.6 is 0 Å². The normalized spacial score (nSPS) is 14.8. The first-order valence-corrected chi connectivity index (χ1v) is 8.06. The van der Waals surface area contributed by atoms with Crippen molar-refractivity contribution in [3.05, 3.63) is 34.8 Å². The fourth-order valence-corrected chi connectivity index (χ4v) is 3.28. The number of pyridine rings is 1. The molecule has 1 aliphatic rings. The molecule has 0 radical (unpaired) electrons. The predicted octanol–water partition coefficient (Wildman–Crippen LogP) is 4.77. The molecule has 0 fully saturated rings. The fraction of sp³-hybridized carbons (Fsp3) is 0.500. The van der Waals surface area contributed by atoms with Crippen molar-refractivity contribution in [2.45, 2.75) is 52.4 Å². The monoisotopic (exact) mass is 286 g/mol. The molecule has 0 unspecified atom stereocenters. The minimum absolute atomic E-state index is 0.171. The van der Waals surface area contributed by atoms with Crippen molar-refractivity contribution in [2.24, 2.45) is 0 Å². The Morgan fingerprint density at radius 2 is 2.00 bits per heavy atom. The molecule has 1 aromatic heterocycles. The maximum absolute atomic E-state index is 13.9. The standard InChI is InChI=1S/C18H23FN2/c1-3-9-20-18-14-7-5-4-6-8-16(14)21-17-12(2)10-13(19)11-15(17)18/h10-11H,3-9H2,1-2H3,(H,20,21). The topological polar surface area (TPSA) is 24.9 Å². The van der Waals surface area contributed by atoms with E-state index in [0.29, 0.717) is 0 Å². The highest BCUT2D eigenvalue weighted by Crippen LogP contribution is 2.34. The average Bonchev–Trinajstić information content (AvgIpc) is 2.69. The van der Waals surface area contributed by atoms with Crippen molar-refractivity contribution < 1.29 is 4.39 Å². The van der Waals surface area contributed by atoms with Crippen molar-refractivity contribution in [3.8, 4) is 0 Å². The number of hydrogen-bond donors (Lipinski definition) is 1. The second-order valence-corrected chi connectivity index (χ2v) is 6.02. The van der Waals surface area contributed by atoms with Gasteiger partial charge in [-0.15, -0.1) is 0 Å². The molecule has 21 heavy (non-hydrogen) atoms. The molecular formula is C18H23FN2. The van der Waals surface area contributed by atoms with E-state index < -0.39 is 0 Å². The van der Waals surface area contributed by atoms with Crippen LogP contribution in [0.3, 0.4) is 0 Å². The Morgan fingerprint density at radius 1 is 1.19 bits per heavy atom. The van der Waals surface area contributed by atoms with Crippen molar-refractivity contribution >= 4 is 16.6 Å². The van der Waals surface area contributed by atoms with E-state index in [4.69, 9.17) is 4.98 Å². The molecule has 112 valence electrons. The summed E-state index contributed by atoms with van der Waals surface area (Å²) in [5, 5.41) is 4.49. The van der Waals surface area contributed by atoms with Crippen molar-refractivity contribution in [1.29, 1.82) is 0 Å². The summed E-state index contributed by atoms with van der Waals surface area (Å²) in [6.45, 7) is 5.02. The summed E-state index contributed by atoms with van der Waals surface area (Å²) in [6.07, 6.45) is 6.83. The maximum Gasteiger partial charge on any atom is 0.124 e. The zero-order chi connectivity index (χ0) is 14.8. The van der Waals surface area contributed by atoms with Crippen LogP contribution in [0.5, 0.6) is 0 Å². The quantitative estimate of drug-likeness (QED) is 0.822. The molecule has 0 bridgehead atoms. The lowest BCUT2D eigenvalue weighted by molar-refractivity contribution is 0.628. The third kappa shape index (κ3) is 2.74. The third-order valence-electron chi connectivity index (χ3n) is 4.32. The van der Waals surface area contributed by atoms with Gasteiger partial charge in [0, 0.05) is 23.3 Å². The Hall–Kier alpha value is -1.64. The molecule has 3 rings (SSSR count). The average molecular weight is 286 g/mol. The number of halogens is 1. The van der Waals surface area contributed by atoms with Crippen LogP contribution < -0.4 is 5.32 Å². The number of aromatic nitrogens is 1. The Bertz CT molecular complexity index is 664. The van der Waals surface area contributed by atoms with Crippen LogP contribution in [-0.2, 0) is 12.8 Å². The Kier molecular flexibility index (Phi) is 4.09. The van der Waals surface area contributed by atoms with E-state index in [0.717, 1.165) is 48.0 Å². The molecule has 1 heterocycles. The van der Waals surface area contributed by atoms with Gasteiger partial charge < -0.3 is 5.32 Å². The Labute approximate surface area is 125 Å². The molecule has 1 aromatic carbocycles. The largest absolute Gasteiger partial charge is 0.384 e. The van der Waals surface area contributed by atoms with Crippen molar-refractivity contribution in [1.82, 2.24) is 4.98 Å². The van der Waals surface area contributed by atoms with Crippen molar-refractivity contribution in [3.63, 3.8) is 0 Å². The summed E-state index contributed by atoms with van der Waals surface area (Å²) < 4.78 is 13.9. The molecule has 0 spiro atoms. The summed E-state index contributed by atoms with van der Waals surface area (Å²) in [4.78, 5) is 4.88. The molecule has 1 N–H and O–H groups in total. The highest BCUT2D eigenvalue weighted by molar-refractivity contribution is 5.95. The van der Waals surface area contributed by atoms with Gasteiger partial charge in [-0.1, -0.05) is 13.3 Å². The van der Waals surface area contributed by atoms with E-state index in [-0.39, 0.29) is 5.82 Å². The molecule has 1 aliphatic carbocycles. The third-order valence-corrected chi connectivity index (χ3v) is 4.32. The number of fused-ring (bicyclic) bond motifs is 2. The SMILES string of the molecule is CCCNc1c2c(nc3c(C)cc(F)cc13)CCCCC2. The molecule has 3 heteroatoms. The summed E-state index contributed by atoms with van der Waals surface area (Å²) in [5.74, 6) is -0.171. The van der Waals surface area contributed by atoms with E-state index in [9.17, 15) is 4.39 Å². The molecular weight excluding hydrogens is 263 g/mol. The minimum Gasteiger partial charge on any atom is -0.384 e. The molecule has 0 amide bonds. The molecule has 0 aliphatic heterocycles. The van der Waals surface area contributed by atoms with Crippen LogP contribution in [0.1, 0.15) is 49.4 Å². The van der Waals surface area contributed by atoms with Gasteiger partial charge in [-0.25, -0.2) is 4.39 Å². The zero-order valence-corrected chi connectivity index (χ0v) is 12.9. The molecule has 0 saturated heterocycles. The number of rotatable bonds is 3. The van der Waals surface area contributed by atoms with Crippen LogP contribution in [-0.4, -0.2) is 11.5 Å². The van der Waals surface area contributed by atoms with Crippen molar-refractivity contribution in [2.75, 3.05) is 11.9 Å². The fourth-order valence-electron chi connectivity index (χ4n) is 3.28. The first-order chi connectivity index (χ1) is 10.2. The highest BCUT2D eigenvalue weighted by atomic mass is 19.1. The van der Waals surface area contributed by atoms with Crippen LogP contribution in [0.25, 0.3) is 10.9 Å². The van der Waals surface area contributed by atoms with Crippen LogP contribution in [0.2, 0.25) is 0 Å². The Morgan fingerprint density at radius 3 is 2.81 bits per heavy atom.